The van der Waals surface area contributed by atoms with E-state index in [-0.39, 0.29) is 47.8 Å². The number of carbonyl (C=O) groups is 3. The Morgan fingerprint density at radius 1 is 1.00 bits per heavy atom. The van der Waals surface area contributed by atoms with Crippen molar-refractivity contribution in [2.75, 3.05) is 13.1 Å². The van der Waals surface area contributed by atoms with Gasteiger partial charge in [-0.05, 0) is 49.1 Å². The van der Waals surface area contributed by atoms with Crippen molar-refractivity contribution in [2.24, 2.45) is 11.8 Å². The summed E-state index contributed by atoms with van der Waals surface area (Å²) in [5.41, 5.74) is 2.44. The molecular weight excluding hydrogens is 485 g/mol. The van der Waals surface area contributed by atoms with Crippen LogP contribution < -0.4 is 0 Å². The first kappa shape index (κ1) is 24.3. The number of aromatic amines is 2. The van der Waals surface area contributed by atoms with Crippen molar-refractivity contribution in [3.63, 3.8) is 0 Å². The molecule has 2 aliphatic heterocycles. The minimum absolute atomic E-state index is 0.0438. The van der Waals surface area contributed by atoms with E-state index in [1.54, 1.807) is 12.1 Å². The van der Waals surface area contributed by atoms with Gasteiger partial charge in [0.25, 0.3) is 5.91 Å². The molecule has 0 radical (unpaired) electrons. The van der Waals surface area contributed by atoms with E-state index in [9.17, 15) is 18.8 Å². The van der Waals surface area contributed by atoms with E-state index in [1.807, 2.05) is 47.9 Å². The smallest absolute Gasteiger partial charge is 0.290 e. The lowest BCUT2D eigenvalue weighted by Gasteiger charge is -2.36. The number of ketones is 1. The molecule has 8 nitrogen and oxygen atoms in total. The molecule has 196 valence electrons. The molecule has 2 bridgehead atoms. The zero-order valence-electron chi connectivity index (χ0n) is 21.4. The summed E-state index contributed by atoms with van der Waals surface area (Å²) in [6, 6.07) is 13.6. The van der Waals surface area contributed by atoms with Gasteiger partial charge in [0, 0.05) is 36.3 Å². The number of carbonyl (C=O) groups excluding carboxylic acids is 3. The highest BCUT2D eigenvalue weighted by atomic mass is 19.1. The second-order valence-corrected chi connectivity index (χ2v) is 10.9. The number of nitrogens with one attached hydrogen (secondary N) is 2. The number of hydrogen-bond donors (Lipinski definition) is 2. The normalized spacial score (nSPS) is 19.7. The molecule has 2 aliphatic rings. The van der Waals surface area contributed by atoms with Gasteiger partial charge in [0.2, 0.25) is 5.91 Å². The van der Waals surface area contributed by atoms with Crippen LogP contribution >= 0.6 is 0 Å². The van der Waals surface area contributed by atoms with Crippen LogP contribution in [-0.4, -0.2) is 67.5 Å². The van der Waals surface area contributed by atoms with Crippen LogP contribution in [0.4, 0.5) is 4.39 Å². The number of H-pyrrole nitrogens is 2. The number of benzene rings is 2. The van der Waals surface area contributed by atoms with Crippen molar-refractivity contribution in [3.05, 3.63) is 65.9 Å². The third kappa shape index (κ3) is 4.25. The number of hydrogen-bond acceptors (Lipinski definition) is 4. The number of nitrogens with zero attached hydrogens (tertiary/aromatic N) is 3. The molecule has 0 spiro atoms. The van der Waals surface area contributed by atoms with E-state index in [1.165, 1.54) is 12.1 Å². The van der Waals surface area contributed by atoms with E-state index in [0.29, 0.717) is 41.9 Å². The molecule has 0 aliphatic carbocycles. The van der Waals surface area contributed by atoms with Gasteiger partial charge in [0.15, 0.2) is 11.6 Å². The Morgan fingerprint density at radius 3 is 2.45 bits per heavy atom. The molecule has 2 aromatic heterocycles. The average Bonchev–Trinajstić information content (AvgIpc) is 3.69. The Bertz CT molecular complexity index is 1520. The van der Waals surface area contributed by atoms with Gasteiger partial charge in [0.1, 0.15) is 5.82 Å². The lowest BCUT2D eigenvalue weighted by Crippen LogP contribution is -2.52. The van der Waals surface area contributed by atoms with Gasteiger partial charge < -0.3 is 19.8 Å². The first-order valence-electron chi connectivity index (χ1n) is 13.1. The van der Waals surface area contributed by atoms with Gasteiger partial charge in [-0.1, -0.05) is 32.0 Å². The molecule has 2 saturated heterocycles. The second-order valence-electron chi connectivity index (χ2n) is 10.9. The maximum Gasteiger partial charge on any atom is 0.290 e. The Kier molecular flexibility index (Phi) is 6.01. The summed E-state index contributed by atoms with van der Waals surface area (Å²) in [7, 11) is 0. The van der Waals surface area contributed by atoms with E-state index in [4.69, 9.17) is 0 Å². The Labute approximate surface area is 219 Å². The fraction of sp³-hybridized carbons (Fsp3) is 0.379. The van der Waals surface area contributed by atoms with Crippen LogP contribution in [0.1, 0.15) is 54.2 Å². The van der Waals surface area contributed by atoms with Gasteiger partial charge >= 0.3 is 0 Å². The maximum atomic E-state index is 14.1. The van der Waals surface area contributed by atoms with Crippen molar-refractivity contribution in [1.29, 1.82) is 0 Å². The van der Waals surface area contributed by atoms with E-state index in [2.05, 4.69) is 15.0 Å². The second kappa shape index (κ2) is 9.38. The highest BCUT2D eigenvalue weighted by molar-refractivity contribution is 6.01. The third-order valence-electron chi connectivity index (χ3n) is 7.82. The molecule has 3 atom stereocenters. The Balaban J connectivity index is 1.15. The molecule has 4 aromatic rings. The topological polar surface area (TPSA) is 102 Å². The predicted molar refractivity (Wildman–Crippen MR) is 141 cm³/mol. The van der Waals surface area contributed by atoms with Crippen LogP contribution in [0.5, 0.6) is 0 Å². The van der Waals surface area contributed by atoms with Crippen molar-refractivity contribution >= 4 is 39.5 Å². The van der Waals surface area contributed by atoms with Gasteiger partial charge in [-0.25, -0.2) is 9.37 Å². The largest absolute Gasteiger partial charge is 0.352 e. The molecule has 6 rings (SSSR count). The number of piperazine rings is 1. The van der Waals surface area contributed by atoms with Crippen LogP contribution in [0.15, 0.2) is 48.5 Å². The number of rotatable bonds is 7. The van der Waals surface area contributed by atoms with Crippen LogP contribution in [0.3, 0.4) is 0 Å². The Hall–Kier alpha value is -4.01. The third-order valence-corrected chi connectivity index (χ3v) is 7.82. The van der Waals surface area contributed by atoms with E-state index < -0.39 is 5.92 Å². The highest BCUT2D eigenvalue weighted by Crippen LogP contribution is 2.34. The van der Waals surface area contributed by atoms with Gasteiger partial charge in [-0.15, -0.1) is 0 Å². The van der Waals surface area contributed by atoms with Gasteiger partial charge in [-0.3, -0.25) is 14.4 Å². The Morgan fingerprint density at radius 2 is 1.74 bits per heavy atom. The lowest BCUT2D eigenvalue weighted by atomic mass is 9.90. The summed E-state index contributed by atoms with van der Waals surface area (Å²) >= 11 is 0. The first-order chi connectivity index (χ1) is 18.3. The molecule has 0 saturated carbocycles. The number of fused-ring (bicyclic) bond motifs is 4. The van der Waals surface area contributed by atoms with Crippen LogP contribution in [-0.2, 0) is 4.79 Å². The number of amides is 2. The van der Waals surface area contributed by atoms with Crippen molar-refractivity contribution in [2.45, 2.75) is 45.2 Å². The molecule has 38 heavy (non-hydrogen) atoms. The zero-order valence-corrected chi connectivity index (χ0v) is 21.4. The van der Waals surface area contributed by atoms with Crippen LogP contribution in [0.25, 0.3) is 21.9 Å². The SMILES string of the molecule is CC(C)C[C@H](CC(=O)c1cc2c(F)cccc2[nH]1)C(=O)N1C[C@@H]2C[C@H]1CN2C(=O)c1nc2ccccc2[nH]1. The highest BCUT2D eigenvalue weighted by Gasteiger charge is 2.48. The van der Waals surface area contributed by atoms with Gasteiger partial charge in [0.05, 0.1) is 28.8 Å². The number of para-hydroxylation sites is 2. The minimum atomic E-state index is -0.474. The zero-order chi connectivity index (χ0) is 26.6. The fourth-order valence-corrected chi connectivity index (χ4v) is 6.05. The standard InChI is InChI=1S/C29H30FN5O3/c1-16(2)10-17(11-26(36)25-13-20-21(30)6-5-9-22(20)31-25)28(37)34-14-19-12-18(34)15-35(19)29(38)27-32-23-7-3-4-8-24(23)33-27/h3-9,13,16-19,31H,10-12,14-15H2,1-2H3,(H,32,33)/t17-,18+,19+/m1/s1. The minimum Gasteiger partial charge on any atom is -0.352 e. The number of likely N-dealkylation sites (tertiary alicyclic amines) is 2. The van der Waals surface area contributed by atoms with Crippen molar-refractivity contribution < 1.29 is 18.8 Å². The molecule has 2 fully saturated rings. The quantitative estimate of drug-likeness (QED) is 0.353. The number of aromatic nitrogens is 3. The molecule has 4 heterocycles. The molecular formula is C29H30FN5O3. The summed E-state index contributed by atoms with van der Waals surface area (Å²) < 4.78 is 14.1. The average molecular weight is 516 g/mol. The number of halogens is 1. The summed E-state index contributed by atoms with van der Waals surface area (Å²) in [4.78, 5) is 54.3. The molecule has 9 heteroatoms. The molecule has 2 aromatic carbocycles. The summed E-state index contributed by atoms with van der Waals surface area (Å²) in [6.07, 6.45) is 1.36. The van der Waals surface area contributed by atoms with E-state index >= 15 is 0 Å². The fourth-order valence-electron chi connectivity index (χ4n) is 6.05. The van der Waals surface area contributed by atoms with E-state index in [0.717, 1.165) is 17.5 Å². The first-order valence-corrected chi connectivity index (χ1v) is 13.1. The monoisotopic (exact) mass is 515 g/mol. The van der Waals surface area contributed by atoms with Crippen LogP contribution in [0.2, 0.25) is 0 Å². The van der Waals surface area contributed by atoms with Crippen molar-refractivity contribution in [3.8, 4) is 0 Å². The molecule has 0 unspecified atom stereocenters. The summed E-state index contributed by atoms with van der Waals surface area (Å²) in [6.45, 7) is 4.98. The predicted octanol–water partition coefficient (Wildman–Crippen LogP) is 4.54. The van der Waals surface area contributed by atoms with Gasteiger partial charge in [-0.2, -0.15) is 0 Å². The van der Waals surface area contributed by atoms with Crippen molar-refractivity contribution in [1.82, 2.24) is 24.8 Å². The summed E-state index contributed by atoms with van der Waals surface area (Å²) in [5.74, 6) is -0.721. The number of imidazole rings is 1. The maximum absolute atomic E-state index is 14.1. The lowest BCUT2D eigenvalue weighted by molar-refractivity contribution is -0.138. The summed E-state index contributed by atoms with van der Waals surface area (Å²) in [5, 5.41) is 0.369. The molecule has 2 amide bonds. The number of Topliss-reactive ketones (excluding diaryl/α,β-unsaturated/α-hetero) is 1. The van der Waals surface area contributed by atoms with Crippen LogP contribution in [0, 0.1) is 17.7 Å². The molecule has 2 N–H and O–H groups in total.